The Morgan fingerprint density at radius 2 is 1.48 bits per heavy atom. The Morgan fingerprint density at radius 3 is 1.91 bits per heavy atom. The van der Waals surface area contributed by atoms with Crippen molar-refractivity contribution in [2.24, 2.45) is 5.92 Å². The average molecular weight is 447 g/mol. The number of hydrogen-bond acceptors (Lipinski definition) is 4. The zero-order valence-corrected chi connectivity index (χ0v) is 19.9. The fourth-order valence-corrected chi connectivity index (χ4v) is 6.24. The van der Waals surface area contributed by atoms with E-state index >= 15 is 0 Å². The van der Waals surface area contributed by atoms with Crippen molar-refractivity contribution in [1.29, 1.82) is 21.0 Å². The lowest BCUT2D eigenvalue weighted by molar-refractivity contribution is 0.685. The molecule has 1 aromatic carbocycles. The van der Waals surface area contributed by atoms with E-state index in [2.05, 4.69) is 42.0 Å². The summed E-state index contributed by atoms with van der Waals surface area (Å²) < 4.78 is 0. The monoisotopic (exact) mass is 446 g/mol. The van der Waals surface area contributed by atoms with Crippen molar-refractivity contribution in [2.45, 2.75) is 44.4 Å². The van der Waals surface area contributed by atoms with Gasteiger partial charge in [0.25, 0.3) is 11.4 Å². The van der Waals surface area contributed by atoms with Crippen molar-refractivity contribution < 1.29 is 0 Å². The Morgan fingerprint density at radius 1 is 0.939 bits per heavy atom. The lowest BCUT2D eigenvalue weighted by Gasteiger charge is -2.24. The van der Waals surface area contributed by atoms with Crippen LogP contribution in [0.15, 0.2) is 24.8 Å². The van der Waals surface area contributed by atoms with Crippen LogP contribution in [-0.2, 0) is 0 Å². The van der Waals surface area contributed by atoms with Crippen LogP contribution in [0.25, 0.3) is 32.2 Å². The van der Waals surface area contributed by atoms with Gasteiger partial charge >= 0.3 is 0 Å². The van der Waals surface area contributed by atoms with Gasteiger partial charge in [-0.3, -0.25) is 0 Å². The molecule has 1 aromatic rings. The lowest BCUT2D eigenvalue weighted by Crippen LogP contribution is -2.26. The summed E-state index contributed by atoms with van der Waals surface area (Å²) in [6, 6.07) is 10.7. The van der Waals surface area contributed by atoms with Crippen LogP contribution in [0.3, 0.4) is 0 Å². The van der Waals surface area contributed by atoms with Gasteiger partial charge in [0.2, 0.25) is 0 Å². The van der Waals surface area contributed by atoms with Crippen LogP contribution < -0.4 is 10.4 Å². The second kappa shape index (κ2) is 10.3. The van der Waals surface area contributed by atoms with Crippen LogP contribution in [0.5, 0.6) is 0 Å². The second-order valence-electron chi connectivity index (χ2n) is 9.01. The number of rotatable bonds is 4. The molecule has 0 saturated heterocycles. The third kappa shape index (κ3) is 5.27. The van der Waals surface area contributed by atoms with Crippen molar-refractivity contribution >= 4 is 30.6 Å². The third-order valence-electron chi connectivity index (χ3n) is 6.07. The van der Waals surface area contributed by atoms with Gasteiger partial charge in [0.1, 0.15) is 0 Å². The quantitative estimate of drug-likeness (QED) is 0.378. The first-order chi connectivity index (χ1) is 15.6. The van der Waals surface area contributed by atoms with Crippen LogP contribution in [0.1, 0.15) is 30.4 Å². The Hall–Kier alpha value is -4.40. The lowest BCUT2D eigenvalue weighted by atomic mass is 9.93. The molecule has 1 fully saturated rings. The maximum atomic E-state index is 10.0. The summed E-state index contributed by atoms with van der Waals surface area (Å²) in [5.74, 6) is 0.195. The average Bonchev–Trinajstić information content (AvgIpc) is 3.28. The molecule has 0 bridgehead atoms. The van der Waals surface area contributed by atoms with Crippen LogP contribution in [0.2, 0.25) is 25.2 Å². The highest BCUT2D eigenvalue weighted by Crippen LogP contribution is 2.43. The van der Waals surface area contributed by atoms with Gasteiger partial charge in [-0.2, -0.15) is 10.5 Å². The summed E-state index contributed by atoms with van der Waals surface area (Å²) in [6.45, 7) is 25.5. The molecule has 0 spiro atoms. The molecule has 33 heavy (non-hydrogen) atoms. The normalized spacial score (nSPS) is 19.5. The fourth-order valence-electron chi connectivity index (χ4n) is 4.19. The molecule has 0 radical (unpaired) electrons. The first-order valence-corrected chi connectivity index (χ1v) is 13.9. The predicted molar refractivity (Wildman–Crippen MR) is 130 cm³/mol. The van der Waals surface area contributed by atoms with Crippen molar-refractivity contribution in [3.05, 3.63) is 69.2 Å². The molecule has 0 amide bonds. The van der Waals surface area contributed by atoms with E-state index in [4.69, 9.17) is 13.1 Å². The van der Waals surface area contributed by atoms with Gasteiger partial charge in [0.15, 0.2) is 0 Å². The van der Waals surface area contributed by atoms with Gasteiger partial charge in [-0.25, -0.2) is 20.2 Å². The molecule has 0 aliphatic heterocycles. The molecule has 0 heterocycles. The van der Waals surface area contributed by atoms with Crippen LogP contribution in [0.4, 0.5) is 0 Å². The topological polar surface area (TPSA) is 104 Å². The van der Waals surface area contributed by atoms with Gasteiger partial charge in [-0.1, -0.05) is 50.8 Å². The van der Waals surface area contributed by atoms with Gasteiger partial charge < -0.3 is 0 Å². The molecule has 2 atom stereocenters. The Kier molecular flexibility index (Phi) is 7.74. The molecule has 1 aliphatic rings. The summed E-state index contributed by atoms with van der Waals surface area (Å²) in [4.78, 5) is 6.56. The molecular weight excluding hydrogens is 424 g/mol. The maximum absolute atomic E-state index is 10.0. The Balaban J connectivity index is 2.93. The zero-order chi connectivity index (χ0) is 24.8. The van der Waals surface area contributed by atoms with E-state index in [1.54, 1.807) is 0 Å². The minimum absolute atomic E-state index is 0.00673. The van der Waals surface area contributed by atoms with Gasteiger partial charge in [0, 0.05) is 18.5 Å². The molecule has 0 N–H and O–H groups in total. The first kappa shape index (κ1) is 24.9. The van der Waals surface area contributed by atoms with Gasteiger partial charge in [0.05, 0.1) is 48.6 Å². The molecular formula is C26H22N6Si. The van der Waals surface area contributed by atoms with Crippen LogP contribution in [-0.4, -0.2) is 8.07 Å². The van der Waals surface area contributed by atoms with E-state index in [0.29, 0.717) is 16.7 Å². The molecule has 1 saturated carbocycles. The molecule has 0 aromatic heterocycles. The van der Waals surface area contributed by atoms with Gasteiger partial charge in [-0.15, -0.1) is 0 Å². The highest BCUT2D eigenvalue weighted by Gasteiger charge is 2.33. The molecule has 2 unspecified atom stereocenters. The highest BCUT2D eigenvalue weighted by molar-refractivity contribution is 6.77. The maximum Gasteiger partial charge on any atom is 0.269 e. The van der Waals surface area contributed by atoms with Crippen molar-refractivity contribution in [3.63, 3.8) is 0 Å². The molecule has 2 rings (SSSR count). The molecule has 160 valence electrons. The number of nitriles is 4. The molecule has 1 aliphatic carbocycles. The number of benzene rings is 1. The van der Waals surface area contributed by atoms with Crippen LogP contribution in [0, 0.1) is 64.4 Å². The van der Waals surface area contributed by atoms with E-state index in [9.17, 15) is 21.0 Å². The van der Waals surface area contributed by atoms with E-state index in [1.165, 1.54) is 12.1 Å². The predicted octanol–water partition coefficient (Wildman–Crippen LogP) is 4.74. The SMILES string of the molecule is [C-]#[N+]/C(C#N)=c1/cc(C(C#N)=CC2CCC([Si](C)(C)C)C2)/c(=C(\C#N)[N+]#[C-])cc1C(=C)C#N. The minimum Gasteiger partial charge on any atom is -0.226 e. The summed E-state index contributed by atoms with van der Waals surface area (Å²) in [5, 5.41) is 38.7. The smallest absolute Gasteiger partial charge is 0.226 e. The summed E-state index contributed by atoms with van der Waals surface area (Å²) >= 11 is 0. The first-order valence-electron chi connectivity index (χ1n) is 10.3. The highest BCUT2D eigenvalue weighted by atomic mass is 28.3. The number of allylic oxidation sites excluding steroid dienone is 3. The molecule has 7 heteroatoms. The van der Waals surface area contributed by atoms with E-state index in [1.807, 2.05) is 24.3 Å². The van der Waals surface area contributed by atoms with Crippen molar-refractivity contribution in [3.8, 4) is 24.3 Å². The standard InChI is InChI=1S/C26H22N6Si/c1-17(13-27)21-11-24(26(16-30)32-3)22(12-23(21)25(15-29)31-2)19(14-28)9-18-7-8-20(10-18)33(4,5)6/h9,11-12,18,20H,1,7-8,10H2,4-6H3/b19-9?,25-23-,26-24+. The number of nitrogens with zero attached hydrogens (tertiary/aromatic N) is 6. The van der Waals surface area contributed by atoms with Crippen LogP contribution >= 0.6 is 0 Å². The van der Waals surface area contributed by atoms with Crippen molar-refractivity contribution in [1.82, 2.24) is 0 Å². The number of hydrogen-bond donors (Lipinski definition) is 0. The largest absolute Gasteiger partial charge is 0.269 e. The fraction of sp³-hybridized carbons (Fsp3) is 0.308. The van der Waals surface area contributed by atoms with E-state index in [0.717, 1.165) is 19.3 Å². The molecule has 6 nitrogen and oxygen atoms in total. The summed E-state index contributed by atoms with van der Waals surface area (Å²) in [5.41, 5.74) is 0.942. The third-order valence-corrected chi connectivity index (χ3v) is 9.05. The second-order valence-corrected chi connectivity index (χ2v) is 14.6. The van der Waals surface area contributed by atoms with E-state index < -0.39 is 8.07 Å². The Bertz CT molecular complexity index is 1380. The van der Waals surface area contributed by atoms with Crippen molar-refractivity contribution in [2.75, 3.05) is 0 Å². The minimum atomic E-state index is -1.32. The summed E-state index contributed by atoms with van der Waals surface area (Å²) in [7, 11) is -1.32. The Labute approximate surface area is 195 Å². The zero-order valence-electron chi connectivity index (χ0n) is 18.9. The van der Waals surface area contributed by atoms with Gasteiger partial charge in [-0.05, 0) is 35.4 Å². The summed E-state index contributed by atoms with van der Waals surface area (Å²) in [6.07, 6.45) is 4.95. The van der Waals surface area contributed by atoms with E-state index in [-0.39, 0.29) is 38.9 Å².